The van der Waals surface area contributed by atoms with E-state index in [9.17, 15) is 5.11 Å². The minimum atomic E-state index is -0.622. The van der Waals surface area contributed by atoms with E-state index in [1.165, 1.54) is 0 Å². The zero-order valence-corrected chi connectivity index (χ0v) is 17.6. The van der Waals surface area contributed by atoms with E-state index >= 15 is 0 Å². The molecule has 2 atom stereocenters. The van der Waals surface area contributed by atoms with Crippen molar-refractivity contribution in [3.8, 4) is 0 Å². The van der Waals surface area contributed by atoms with Crippen molar-refractivity contribution in [1.82, 2.24) is 10.2 Å². The van der Waals surface area contributed by atoms with E-state index in [0.717, 1.165) is 63.0 Å². The first-order valence-electron chi connectivity index (χ1n) is 10.5. The predicted molar refractivity (Wildman–Crippen MR) is 114 cm³/mol. The largest absolute Gasteiger partial charge is 0.389 e. The zero-order chi connectivity index (χ0) is 20.2. The number of benzene rings is 1. The minimum absolute atomic E-state index is 0.0461. The summed E-state index contributed by atoms with van der Waals surface area (Å²) in [5.41, 5.74) is 1.11. The highest BCUT2D eigenvalue weighted by Gasteiger charge is 2.16. The number of nitrogens with zero attached hydrogens (tertiary/aromatic N) is 2. The fourth-order valence-electron chi connectivity index (χ4n) is 3.31. The Morgan fingerprint density at radius 2 is 2.04 bits per heavy atom. The third-order valence-electron chi connectivity index (χ3n) is 5.17. The Balaban J connectivity index is 1.76. The summed E-state index contributed by atoms with van der Waals surface area (Å²) in [7, 11) is 2.06. The van der Waals surface area contributed by atoms with Gasteiger partial charge in [0.05, 0.1) is 25.4 Å². The quantitative estimate of drug-likeness (QED) is 0.474. The van der Waals surface area contributed by atoms with Crippen molar-refractivity contribution < 1.29 is 14.6 Å². The van der Waals surface area contributed by atoms with Crippen LogP contribution in [0.3, 0.4) is 0 Å². The van der Waals surface area contributed by atoms with Crippen LogP contribution < -0.4 is 5.32 Å². The average molecular weight is 392 g/mol. The first-order chi connectivity index (χ1) is 13.6. The van der Waals surface area contributed by atoms with Gasteiger partial charge in [-0.2, -0.15) is 0 Å². The van der Waals surface area contributed by atoms with E-state index < -0.39 is 6.10 Å². The maximum atomic E-state index is 10.3. The molecule has 2 rings (SSSR count). The molecule has 0 saturated carbocycles. The highest BCUT2D eigenvalue weighted by atomic mass is 16.5. The van der Waals surface area contributed by atoms with Crippen LogP contribution in [0.2, 0.25) is 0 Å². The summed E-state index contributed by atoms with van der Waals surface area (Å²) in [6.45, 7) is 8.18. The SMILES string of the molecule is CCNC(=NCC(O)COC(C)c1ccccc1)N(C)CCC1CCOCC1. The van der Waals surface area contributed by atoms with Crippen molar-refractivity contribution in [2.75, 3.05) is 46.5 Å². The van der Waals surface area contributed by atoms with E-state index in [1.54, 1.807) is 0 Å². The van der Waals surface area contributed by atoms with Gasteiger partial charge < -0.3 is 24.8 Å². The highest BCUT2D eigenvalue weighted by Crippen LogP contribution is 2.18. The van der Waals surface area contributed by atoms with E-state index in [-0.39, 0.29) is 12.7 Å². The van der Waals surface area contributed by atoms with Crippen LogP contribution in [0.5, 0.6) is 0 Å². The first-order valence-corrected chi connectivity index (χ1v) is 10.5. The lowest BCUT2D eigenvalue weighted by Gasteiger charge is -2.27. The number of guanidine groups is 1. The van der Waals surface area contributed by atoms with Crippen molar-refractivity contribution in [3.63, 3.8) is 0 Å². The second-order valence-electron chi connectivity index (χ2n) is 7.50. The van der Waals surface area contributed by atoms with Gasteiger partial charge in [-0.25, -0.2) is 0 Å². The smallest absolute Gasteiger partial charge is 0.193 e. The van der Waals surface area contributed by atoms with Crippen molar-refractivity contribution in [1.29, 1.82) is 0 Å². The van der Waals surface area contributed by atoms with Crippen LogP contribution in [0.15, 0.2) is 35.3 Å². The lowest BCUT2D eigenvalue weighted by atomic mass is 9.96. The first kappa shape index (κ1) is 22.7. The molecule has 0 aliphatic carbocycles. The maximum absolute atomic E-state index is 10.3. The number of ether oxygens (including phenoxy) is 2. The van der Waals surface area contributed by atoms with Gasteiger partial charge in [-0.05, 0) is 44.6 Å². The van der Waals surface area contributed by atoms with Gasteiger partial charge in [0, 0.05) is 33.4 Å². The van der Waals surface area contributed by atoms with Gasteiger partial charge in [-0.3, -0.25) is 4.99 Å². The molecule has 2 N–H and O–H groups in total. The second kappa shape index (κ2) is 12.8. The zero-order valence-electron chi connectivity index (χ0n) is 17.6. The molecule has 1 aliphatic heterocycles. The summed E-state index contributed by atoms with van der Waals surface area (Å²) in [6.07, 6.45) is 2.78. The summed E-state index contributed by atoms with van der Waals surface area (Å²) < 4.78 is 11.2. The monoisotopic (exact) mass is 391 g/mol. The number of aliphatic hydroxyl groups excluding tert-OH is 1. The predicted octanol–water partition coefficient (Wildman–Crippen LogP) is 2.84. The van der Waals surface area contributed by atoms with Gasteiger partial charge in [-0.1, -0.05) is 30.3 Å². The van der Waals surface area contributed by atoms with E-state index in [4.69, 9.17) is 9.47 Å². The Hall–Kier alpha value is -1.63. The van der Waals surface area contributed by atoms with Gasteiger partial charge in [0.2, 0.25) is 0 Å². The molecule has 0 radical (unpaired) electrons. The molecule has 1 aliphatic rings. The molecule has 1 aromatic rings. The van der Waals surface area contributed by atoms with Crippen LogP contribution >= 0.6 is 0 Å². The molecule has 6 heteroatoms. The number of hydrogen-bond acceptors (Lipinski definition) is 4. The Kier molecular flexibility index (Phi) is 10.3. The normalized spacial score (nSPS) is 17.9. The molecular weight excluding hydrogens is 354 g/mol. The van der Waals surface area contributed by atoms with Crippen LogP contribution in [-0.4, -0.2) is 68.6 Å². The number of nitrogens with one attached hydrogen (secondary N) is 1. The summed E-state index contributed by atoms with van der Waals surface area (Å²) in [6, 6.07) is 10.0. The molecule has 0 bridgehead atoms. The maximum Gasteiger partial charge on any atom is 0.193 e. The highest BCUT2D eigenvalue weighted by molar-refractivity contribution is 5.79. The van der Waals surface area contributed by atoms with E-state index in [2.05, 4.69) is 29.2 Å². The van der Waals surface area contributed by atoms with Gasteiger partial charge in [0.25, 0.3) is 0 Å². The average Bonchev–Trinajstić information content (AvgIpc) is 2.74. The van der Waals surface area contributed by atoms with Gasteiger partial charge in [-0.15, -0.1) is 0 Å². The van der Waals surface area contributed by atoms with Gasteiger partial charge in [0.15, 0.2) is 5.96 Å². The molecule has 6 nitrogen and oxygen atoms in total. The molecule has 28 heavy (non-hydrogen) atoms. The number of aliphatic imine (C=N–C) groups is 1. The third kappa shape index (κ3) is 8.17. The van der Waals surface area contributed by atoms with Crippen LogP contribution in [0, 0.1) is 5.92 Å². The number of aliphatic hydroxyl groups is 1. The molecule has 1 heterocycles. The van der Waals surface area contributed by atoms with Crippen LogP contribution in [0.4, 0.5) is 0 Å². The Morgan fingerprint density at radius 3 is 2.71 bits per heavy atom. The number of hydrogen-bond donors (Lipinski definition) is 2. The topological polar surface area (TPSA) is 66.3 Å². The van der Waals surface area contributed by atoms with Crippen LogP contribution in [-0.2, 0) is 9.47 Å². The second-order valence-corrected chi connectivity index (χ2v) is 7.50. The van der Waals surface area contributed by atoms with Gasteiger partial charge in [0.1, 0.15) is 0 Å². The Labute approximate surface area is 169 Å². The molecule has 1 saturated heterocycles. The van der Waals surface area contributed by atoms with E-state index in [0.29, 0.717) is 6.54 Å². The fraction of sp³-hybridized carbons (Fsp3) is 0.682. The van der Waals surface area contributed by atoms with Gasteiger partial charge >= 0.3 is 0 Å². The van der Waals surface area contributed by atoms with E-state index in [1.807, 2.05) is 37.3 Å². The summed E-state index contributed by atoms with van der Waals surface area (Å²) in [5, 5.41) is 13.6. The molecule has 1 fully saturated rings. The summed E-state index contributed by atoms with van der Waals surface area (Å²) in [4.78, 5) is 6.76. The summed E-state index contributed by atoms with van der Waals surface area (Å²) >= 11 is 0. The standard InChI is InChI=1S/C22H37N3O3/c1-4-23-22(25(3)13-10-19-11-14-27-15-12-19)24-16-21(26)17-28-18(2)20-8-6-5-7-9-20/h5-9,18-19,21,26H,4,10-17H2,1-3H3,(H,23,24). The fourth-order valence-corrected chi connectivity index (χ4v) is 3.31. The molecule has 0 aromatic heterocycles. The van der Waals surface area contributed by atoms with Crippen molar-refractivity contribution in [2.45, 2.75) is 45.3 Å². The Bertz CT molecular complexity index is 561. The molecular formula is C22H37N3O3. The number of rotatable bonds is 10. The third-order valence-corrected chi connectivity index (χ3v) is 5.17. The van der Waals surface area contributed by atoms with Crippen LogP contribution in [0.25, 0.3) is 0 Å². The Morgan fingerprint density at radius 1 is 1.32 bits per heavy atom. The molecule has 0 spiro atoms. The summed E-state index contributed by atoms with van der Waals surface area (Å²) in [5.74, 6) is 1.57. The van der Waals surface area contributed by atoms with Crippen molar-refractivity contribution >= 4 is 5.96 Å². The molecule has 0 amide bonds. The molecule has 1 aromatic carbocycles. The van der Waals surface area contributed by atoms with Crippen molar-refractivity contribution in [3.05, 3.63) is 35.9 Å². The lowest BCUT2D eigenvalue weighted by molar-refractivity contribution is 0.00105. The lowest BCUT2D eigenvalue weighted by Crippen LogP contribution is -2.40. The van der Waals surface area contributed by atoms with Crippen LogP contribution in [0.1, 0.15) is 44.8 Å². The minimum Gasteiger partial charge on any atom is -0.389 e. The molecule has 2 unspecified atom stereocenters. The molecule has 158 valence electrons. The van der Waals surface area contributed by atoms with Crippen molar-refractivity contribution in [2.24, 2.45) is 10.9 Å².